The molecular formula is C66H53N. The van der Waals surface area contributed by atoms with Crippen LogP contribution in [-0.4, -0.2) is 0 Å². The van der Waals surface area contributed by atoms with E-state index >= 15 is 0 Å². The van der Waals surface area contributed by atoms with Gasteiger partial charge in [-0.2, -0.15) is 0 Å². The van der Waals surface area contributed by atoms with Gasteiger partial charge < -0.3 is 4.90 Å². The minimum Gasteiger partial charge on any atom is -0.310 e. The first-order chi connectivity index (χ1) is 34.9. The molecule has 0 radical (unpaired) electrons. The second-order valence-electron chi connectivity index (χ2n) is 20.1. The van der Waals surface area contributed by atoms with Gasteiger partial charge >= 0.3 is 0 Å². The summed E-state index contributed by atoms with van der Waals surface area (Å²) in [5, 5.41) is 0. The van der Waals surface area contributed by atoms with Gasteiger partial charge in [-0.15, -0.1) is 0 Å². The number of rotatable bonds is 8. The molecule has 4 saturated carbocycles. The number of hydrogen-bond donors (Lipinski definition) is 0. The lowest BCUT2D eigenvalue weighted by molar-refractivity contribution is -0.00277. The second-order valence-corrected chi connectivity index (χ2v) is 20.1. The third kappa shape index (κ3) is 5.67. The number of anilines is 3. The van der Waals surface area contributed by atoms with Crippen LogP contribution in [0.15, 0.2) is 230 Å². The van der Waals surface area contributed by atoms with Crippen molar-refractivity contribution in [1.29, 1.82) is 0 Å². The van der Waals surface area contributed by atoms with Gasteiger partial charge in [0.1, 0.15) is 0 Å². The first-order valence-electron chi connectivity index (χ1n) is 26.5. The molecule has 0 amide bonds. The van der Waals surface area contributed by atoms with Gasteiger partial charge in [0.05, 0.1) is 16.3 Å². The lowest BCUT2D eigenvalue weighted by Gasteiger charge is -2.54. The molecule has 0 heterocycles. The summed E-state index contributed by atoms with van der Waals surface area (Å²) in [6, 6.07) is 74.3. The first kappa shape index (κ1) is 35.0. The van der Waals surface area contributed by atoms with Crippen LogP contribution in [0.3, 0.4) is 0 Å². The summed E-state index contributed by atoms with van der Waals surface area (Å²) in [4.78, 5) is 2.06. The monoisotopic (exact) mass is 863 g/mol. The minimum atomic E-state index is -0.691. The van der Waals surface area contributed by atoms with Crippen molar-refractivity contribution in [1.82, 2.24) is 0 Å². The molecule has 0 unspecified atom stereocenters. The van der Waals surface area contributed by atoms with E-state index in [0.29, 0.717) is 17.4 Å². The van der Waals surface area contributed by atoms with Crippen LogP contribution in [0.4, 0.5) is 17.1 Å². The molecular weight excluding hydrogens is 807 g/mol. The van der Waals surface area contributed by atoms with Crippen molar-refractivity contribution >= 4 is 17.1 Å². The minimum absolute atomic E-state index is 0.0112. The van der Waals surface area contributed by atoms with Gasteiger partial charge in [-0.1, -0.05) is 194 Å². The number of benzene rings is 9. The first-order valence-corrected chi connectivity index (χ1v) is 24.5. The smallest absolute Gasteiger partial charge is 0.0714 e. The molecule has 9 aromatic rings. The third-order valence-electron chi connectivity index (χ3n) is 16.8. The predicted octanol–water partition coefficient (Wildman–Crippen LogP) is 16.4. The fourth-order valence-electron chi connectivity index (χ4n) is 14.5. The van der Waals surface area contributed by atoms with Gasteiger partial charge in [0.2, 0.25) is 0 Å². The Morgan fingerprint density at radius 1 is 0.343 bits per heavy atom. The lowest BCUT2D eigenvalue weighted by Crippen LogP contribution is -2.43. The van der Waals surface area contributed by atoms with Crippen LogP contribution in [0.1, 0.15) is 93.6 Å². The molecule has 0 spiro atoms. The van der Waals surface area contributed by atoms with Gasteiger partial charge in [0.25, 0.3) is 0 Å². The van der Waals surface area contributed by atoms with E-state index in [2.05, 4.69) is 211 Å². The summed E-state index contributed by atoms with van der Waals surface area (Å²) < 4.78 is 40.6. The Balaban J connectivity index is 1.05. The molecule has 4 bridgehead atoms. The highest BCUT2D eigenvalue weighted by molar-refractivity contribution is 5.92. The summed E-state index contributed by atoms with van der Waals surface area (Å²) in [6.45, 7) is 0. The average Bonchev–Trinajstić information content (AvgIpc) is 3.89. The Kier molecular flexibility index (Phi) is 7.93. The van der Waals surface area contributed by atoms with E-state index in [4.69, 9.17) is 0 Å². The highest BCUT2D eigenvalue weighted by Crippen LogP contribution is 2.62. The molecule has 6 aliphatic rings. The number of fused-ring (bicyclic) bond motifs is 6. The molecule has 67 heavy (non-hydrogen) atoms. The highest BCUT2D eigenvalue weighted by atomic mass is 15.1. The van der Waals surface area contributed by atoms with Crippen molar-refractivity contribution in [3.63, 3.8) is 0 Å². The van der Waals surface area contributed by atoms with E-state index in [-0.39, 0.29) is 35.8 Å². The summed E-state index contributed by atoms with van der Waals surface area (Å²) in [6.07, 6.45) is 5.85. The van der Waals surface area contributed by atoms with Crippen LogP contribution in [0.2, 0.25) is 0 Å². The van der Waals surface area contributed by atoms with Gasteiger partial charge in [-0.3, -0.25) is 0 Å². The van der Waals surface area contributed by atoms with E-state index in [9.17, 15) is 5.48 Å². The molecule has 0 N–H and O–H groups in total. The van der Waals surface area contributed by atoms with Crippen molar-refractivity contribution in [2.45, 2.75) is 48.9 Å². The fourth-order valence-corrected chi connectivity index (χ4v) is 14.5. The van der Waals surface area contributed by atoms with Crippen molar-refractivity contribution < 1.29 is 5.48 Å². The van der Waals surface area contributed by atoms with Crippen LogP contribution in [0, 0.1) is 23.7 Å². The van der Waals surface area contributed by atoms with E-state index < -0.39 is 10.8 Å². The van der Waals surface area contributed by atoms with Crippen molar-refractivity contribution in [2.75, 3.05) is 4.90 Å². The zero-order valence-corrected chi connectivity index (χ0v) is 37.5. The molecule has 1 nitrogen and oxygen atoms in total. The molecule has 0 aromatic heterocycles. The van der Waals surface area contributed by atoms with Crippen LogP contribution >= 0.6 is 0 Å². The van der Waals surface area contributed by atoms with Crippen LogP contribution < -0.4 is 4.90 Å². The summed E-state index contributed by atoms with van der Waals surface area (Å²) >= 11 is 0. The Morgan fingerprint density at radius 2 is 0.701 bits per heavy atom. The van der Waals surface area contributed by atoms with Crippen molar-refractivity contribution in [3.05, 3.63) is 280 Å². The van der Waals surface area contributed by atoms with Crippen LogP contribution in [-0.2, 0) is 10.8 Å². The van der Waals surface area contributed by atoms with Crippen molar-refractivity contribution in [2.24, 2.45) is 23.7 Å². The van der Waals surface area contributed by atoms with E-state index in [1.165, 1.54) is 28.7 Å². The Morgan fingerprint density at radius 3 is 1.10 bits per heavy atom. The fraction of sp³-hybridized carbons (Fsp3) is 0.182. The Bertz CT molecular complexity index is 3230. The predicted molar refractivity (Wildman–Crippen MR) is 276 cm³/mol. The summed E-state index contributed by atoms with van der Waals surface area (Å²) in [5.74, 6) is 2.32. The van der Waals surface area contributed by atoms with E-state index in [1.807, 2.05) is 0 Å². The molecule has 1 heteroatoms. The Hall–Kier alpha value is -7.22. The topological polar surface area (TPSA) is 3.24 Å². The van der Waals surface area contributed by atoms with Gasteiger partial charge in [0, 0.05) is 17.1 Å². The van der Waals surface area contributed by atoms with E-state index in [1.54, 1.807) is 0 Å². The molecule has 4 fully saturated rings. The molecule has 9 aromatic carbocycles. The largest absolute Gasteiger partial charge is 0.310 e. The lowest BCUT2D eigenvalue weighted by atomic mass is 9.51. The van der Waals surface area contributed by atoms with Gasteiger partial charge in [-0.25, -0.2) is 0 Å². The number of nitrogens with zero attached hydrogens (tertiary/aromatic N) is 1. The second kappa shape index (κ2) is 15.2. The molecule has 6 aliphatic carbocycles. The quantitative estimate of drug-likeness (QED) is 0.147. The van der Waals surface area contributed by atoms with Gasteiger partial charge in [0.15, 0.2) is 0 Å². The maximum Gasteiger partial charge on any atom is 0.0714 e. The number of hydrogen-bond acceptors (Lipinski definition) is 1. The zero-order valence-electron chi connectivity index (χ0n) is 41.5. The standard InChI is InChI=1S/C66H53N/c1-5-17-49(18-6-1)65(50-19-7-2-8-20-50)60-27-15-13-25-56(60)58-35-33-54(42-62(58)65)67(53-31-29-46(30-32-53)64-47-38-44-37-45(40-47)41-48(64)39-44)55-34-36-59-57-26-14-16-28-61(57)66(63(59)43-55,51-21-9-3-10-22-51)52-23-11-4-12-24-52/h1-36,42-45,47-48,64H,37-41H2/i29D,30D,31D,32D. The maximum absolute atomic E-state index is 10.3. The third-order valence-corrected chi connectivity index (χ3v) is 16.8. The summed E-state index contributed by atoms with van der Waals surface area (Å²) in [7, 11) is 0. The Labute approximate surface area is 401 Å². The maximum atomic E-state index is 10.3. The highest BCUT2D eigenvalue weighted by Gasteiger charge is 2.50. The zero-order chi connectivity index (χ0) is 47.6. The summed E-state index contributed by atoms with van der Waals surface area (Å²) in [5.41, 5.74) is 14.9. The van der Waals surface area contributed by atoms with Gasteiger partial charge in [-0.05, 0) is 170 Å². The molecule has 15 rings (SSSR count). The molecule has 0 saturated heterocycles. The van der Waals surface area contributed by atoms with Crippen LogP contribution in [0.5, 0.6) is 0 Å². The molecule has 322 valence electrons. The SMILES string of the molecule is [2H]c1c([2H])c(N(c2ccc3c(c2)C(c2ccccc2)(c2ccccc2)c2ccccc2-3)c2ccc3c(c2)C(c2ccccc2)(c2ccccc2)c2ccccc2-3)c([2H])c([2H])c1C1C2CC3CC(C2)CC1C3. The van der Waals surface area contributed by atoms with Crippen molar-refractivity contribution in [3.8, 4) is 22.3 Å². The molecule has 0 atom stereocenters. The molecule has 0 aliphatic heterocycles. The normalized spacial score (nSPS) is 22.7. The van der Waals surface area contributed by atoms with Crippen LogP contribution in [0.25, 0.3) is 22.3 Å². The van der Waals surface area contributed by atoms with E-state index in [0.717, 1.165) is 93.4 Å². The average molecular weight is 864 g/mol.